The van der Waals surface area contributed by atoms with E-state index in [1.54, 1.807) is 23.9 Å². The molecule has 0 fully saturated rings. The van der Waals surface area contributed by atoms with Crippen LogP contribution in [0.2, 0.25) is 0 Å². The van der Waals surface area contributed by atoms with Crippen LogP contribution < -0.4 is 4.74 Å². The number of aromatic nitrogens is 2. The molecule has 0 aliphatic rings. The van der Waals surface area contributed by atoms with Gasteiger partial charge in [0, 0.05) is 23.0 Å². The number of carboxylic acids is 1. The Bertz CT molecular complexity index is 1060. The van der Waals surface area contributed by atoms with Crippen molar-refractivity contribution in [2.75, 3.05) is 5.75 Å². The standard InChI is InChI=1S/C23H21F3N2O3S/c1-15(8-11-32-18-5-2-4-16(12-18)13-21(29)30)31-20-7-6-17(23(24,25)26)14-19(20)22-27-9-3-10-28-22/h2-7,9-10,12,14-15H,8,11,13H2,1H3,(H,29,30)/t15-/m0/s1. The van der Waals surface area contributed by atoms with Gasteiger partial charge in [-0.05, 0) is 55.3 Å². The molecule has 0 spiro atoms. The number of carboxylic acid groups (broad SMARTS) is 1. The van der Waals surface area contributed by atoms with Gasteiger partial charge in [-0.1, -0.05) is 12.1 Å². The van der Waals surface area contributed by atoms with Gasteiger partial charge in [0.1, 0.15) is 5.75 Å². The van der Waals surface area contributed by atoms with Gasteiger partial charge in [0.25, 0.3) is 0 Å². The Hall–Kier alpha value is -3.07. The number of nitrogens with zero attached hydrogens (tertiary/aromatic N) is 2. The zero-order valence-electron chi connectivity index (χ0n) is 17.2. The fourth-order valence-corrected chi connectivity index (χ4v) is 4.06. The van der Waals surface area contributed by atoms with Gasteiger partial charge >= 0.3 is 12.1 Å². The molecule has 1 N–H and O–H groups in total. The number of alkyl halides is 3. The normalized spacial score (nSPS) is 12.4. The first-order chi connectivity index (χ1) is 15.2. The number of hydrogen-bond acceptors (Lipinski definition) is 5. The van der Waals surface area contributed by atoms with Crippen LogP contribution in [-0.2, 0) is 17.4 Å². The van der Waals surface area contributed by atoms with Gasteiger partial charge in [0.2, 0.25) is 0 Å². The second-order valence-electron chi connectivity index (χ2n) is 7.06. The molecule has 0 bridgehead atoms. The molecule has 0 saturated heterocycles. The molecule has 2 aromatic carbocycles. The van der Waals surface area contributed by atoms with Crippen molar-refractivity contribution >= 4 is 17.7 Å². The molecule has 5 nitrogen and oxygen atoms in total. The van der Waals surface area contributed by atoms with Gasteiger partial charge in [-0.2, -0.15) is 13.2 Å². The molecule has 9 heteroatoms. The molecule has 3 rings (SSSR count). The maximum Gasteiger partial charge on any atom is 0.416 e. The van der Waals surface area contributed by atoms with Gasteiger partial charge in [-0.3, -0.25) is 4.79 Å². The summed E-state index contributed by atoms with van der Waals surface area (Å²) >= 11 is 1.56. The summed E-state index contributed by atoms with van der Waals surface area (Å²) in [7, 11) is 0. The highest BCUT2D eigenvalue weighted by molar-refractivity contribution is 7.99. The lowest BCUT2D eigenvalue weighted by molar-refractivity contribution is -0.138. The molecule has 168 valence electrons. The molecule has 0 unspecified atom stereocenters. The zero-order valence-corrected chi connectivity index (χ0v) is 18.0. The summed E-state index contributed by atoms with van der Waals surface area (Å²) in [6.45, 7) is 1.84. The van der Waals surface area contributed by atoms with Crippen molar-refractivity contribution in [3.8, 4) is 17.1 Å². The molecule has 0 amide bonds. The quantitative estimate of drug-likeness (QED) is 0.409. The minimum atomic E-state index is -4.49. The Labute approximate surface area is 187 Å². The predicted molar refractivity (Wildman–Crippen MR) is 116 cm³/mol. The van der Waals surface area contributed by atoms with E-state index in [0.29, 0.717) is 12.2 Å². The van der Waals surface area contributed by atoms with E-state index in [1.165, 1.54) is 18.5 Å². The summed E-state index contributed by atoms with van der Waals surface area (Å²) in [5, 5.41) is 8.92. The summed E-state index contributed by atoms with van der Waals surface area (Å²) in [4.78, 5) is 19.9. The third-order valence-electron chi connectivity index (χ3n) is 4.49. The summed E-state index contributed by atoms with van der Waals surface area (Å²) in [6.07, 6.45) is -1.24. The monoisotopic (exact) mass is 462 g/mol. The summed E-state index contributed by atoms with van der Waals surface area (Å²) in [5.41, 5.74) is 0.113. The number of benzene rings is 2. The third kappa shape index (κ3) is 6.71. The van der Waals surface area contributed by atoms with Crippen LogP contribution in [0, 0.1) is 0 Å². The number of rotatable bonds is 9. The maximum absolute atomic E-state index is 13.2. The van der Waals surface area contributed by atoms with Crippen molar-refractivity contribution < 1.29 is 27.8 Å². The van der Waals surface area contributed by atoms with E-state index in [9.17, 15) is 18.0 Å². The van der Waals surface area contributed by atoms with E-state index in [1.807, 2.05) is 25.1 Å². The van der Waals surface area contributed by atoms with Gasteiger partial charge in [-0.15, -0.1) is 11.8 Å². The molecule has 1 heterocycles. The van der Waals surface area contributed by atoms with Gasteiger partial charge in [0.05, 0.1) is 23.7 Å². The number of halogens is 3. The smallest absolute Gasteiger partial charge is 0.416 e. The first-order valence-electron chi connectivity index (χ1n) is 9.81. The molecule has 0 saturated carbocycles. The van der Waals surface area contributed by atoms with Crippen molar-refractivity contribution in [3.05, 3.63) is 72.1 Å². The number of hydrogen-bond donors (Lipinski definition) is 1. The van der Waals surface area contributed by atoms with Crippen LogP contribution in [0.3, 0.4) is 0 Å². The van der Waals surface area contributed by atoms with Crippen LogP contribution in [0.1, 0.15) is 24.5 Å². The fraction of sp³-hybridized carbons (Fsp3) is 0.261. The largest absolute Gasteiger partial charge is 0.490 e. The van der Waals surface area contributed by atoms with Crippen molar-refractivity contribution in [2.45, 2.75) is 36.9 Å². The Kier molecular flexibility index (Phi) is 7.74. The average molecular weight is 462 g/mol. The van der Waals surface area contributed by atoms with Crippen molar-refractivity contribution in [3.63, 3.8) is 0 Å². The van der Waals surface area contributed by atoms with E-state index in [0.717, 1.165) is 22.6 Å². The maximum atomic E-state index is 13.2. The minimum Gasteiger partial charge on any atom is -0.490 e. The van der Waals surface area contributed by atoms with Crippen molar-refractivity contribution in [1.29, 1.82) is 0 Å². The lowest BCUT2D eigenvalue weighted by Crippen LogP contribution is -2.14. The molecular weight excluding hydrogens is 441 g/mol. The molecular formula is C23H21F3N2O3S. The number of thioether (sulfide) groups is 1. The Balaban J connectivity index is 1.67. The van der Waals surface area contributed by atoms with Crippen molar-refractivity contribution in [2.24, 2.45) is 0 Å². The van der Waals surface area contributed by atoms with Crippen LogP contribution in [0.25, 0.3) is 11.4 Å². The first kappa shape index (κ1) is 23.6. The highest BCUT2D eigenvalue weighted by Crippen LogP contribution is 2.36. The van der Waals surface area contributed by atoms with E-state index in [2.05, 4.69) is 9.97 Å². The summed E-state index contributed by atoms with van der Waals surface area (Å²) in [6, 6.07) is 12.2. The highest BCUT2D eigenvalue weighted by Gasteiger charge is 2.31. The topological polar surface area (TPSA) is 72.3 Å². The first-order valence-corrected chi connectivity index (χ1v) is 10.8. The molecule has 1 aromatic heterocycles. The van der Waals surface area contributed by atoms with Crippen LogP contribution >= 0.6 is 11.8 Å². The highest BCUT2D eigenvalue weighted by atomic mass is 32.2. The number of aliphatic carboxylic acids is 1. The van der Waals surface area contributed by atoms with Gasteiger partial charge in [0.15, 0.2) is 5.82 Å². The average Bonchev–Trinajstić information content (AvgIpc) is 2.73. The van der Waals surface area contributed by atoms with E-state index in [4.69, 9.17) is 9.84 Å². The van der Waals surface area contributed by atoms with Crippen molar-refractivity contribution in [1.82, 2.24) is 9.97 Å². The van der Waals surface area contributed by atoms with E-state index < -0.39 is 17.7 Å². The number of carbonyl (C=O) groups is 1. The van der Waals surface area contributed by atoms with Crippen LogP contribution in [0.15, 0.2) is 65.8 Å². The third-order valence-corrected chi connectivity index (χ3v) is 5.52. The molecule has 0 radical (unpaired) electrons. The molecule has 3 aromatic rings. The molecule has 1 atom stereocenters. The predicted octanol–water partition coefficient (Wildman–Crippen LogP) is 5.74. The zero-order chi connectivity index (χ0) is 23.1. The van der Waals surface area contributed by atoms with Gasteiger partial charge in [-0.25, -0.2) is 9.97 Å². The second-order valence-corrected chi connectivity index (χ2v) is 8.23. The molecule has 0 aliphatic carbocycles. The molecule has 0 aliphatic heterocycles. The van der Waals surface area contributed by atoms with Gasteiger partial charge < -0.3 is 9.84 Å². The summed E-state index contributed by atoms with van der Waals surface area (Å²) in [5.74, 6) is 0.245. The van der Waals surface area contributed by atoms with Crippen LogP contribution in [0.4, 0.5) is 13.2 Å². The SMILES string of the molecule is C[C@@H](CCSc1cccc(CC(=O)O)c1)Oc1ccc(C(F)(F)F)cc1-c1ncccn1. The van der Waals surface area contributed by atoms with E-state index in [-0.39, 0.29) is 29.7 Å². The second kappa shape index (κ2) is 10.5. The lowest BCUT2D eigenvalue weighted by atomic mass is 10.1. The Morgan fingerprint density at radius 1 is 1.12 bits per heavy atom. The molecule has 32 heavy (non-hydrogen) atoms. The Morgan fingerprint density at radius 3 is 2.56 bits per heavy atom. The fourth-order valence-electron chi connectivity index (χ4n) is 2.96. The minimum absolute atomic E-state index is 0.0355. The van der Waals surface area contributed by atoms with E-state index >= 15 is 0 Å². The van der Waals surface area contributed by atoms with Crippen LogP contribution in [0.5, 0.6) is 5.75 Å². The number of ether oxygens (including phenoxy) is 1. The van der Waals surface area contributed by atoms with Crippen LogP contribution in [-0.4, -0.2) is 32.9 Å². The Morgan fingerprint density at radius 2 is 1.88 bits per heavy atom. The lowest BCUT2D eigenvalue weighted by Gasteiger charge is -2.18. The summed E-state index contributed by atoms with van der Waals surface area (Å²) < 4.78 is 45.5.